The second kappa shape index (κ2) is 10.6. The molecule has 0 fully saturated rings. The molecule has 2 amide bonds. The smallest absolute Gasteiger partial charge is 0.269 e. The molecule has 0 aliphatic heterocycles. The summed E-state index contributed by atoms with van der Waals surface area (Å²) in [5.74, 6) is -1.92. The molecular formula is C23H15Cl2N5O7S. The number of non-ortho nitro benzene ring substituents is 1. The first kappa shape index (κ1) is 26.8. The van der Waals surface area contributed by atoms with Crippen LogP contribution in [0, 0.1) is 10.1 Å². The van der Waals surface area contributed by atoms with E-state index in [9.17, 15) is 28.1 Å². The summed E-state index contributed by atoms with van der Waals surface area (Å²) >= 11 is 12.6. The number of halogens is 2. The summed E-state index contributed by atoms with van der Waals surface area (Å²) in [6, 6.07) is 14.4. The van der Waals surface area contributed by atoms with Crippen molar-refractivity contribution in [2.24, 2.45) is 5.14 Å². The van der Waals surface area contributed by atoms with E-state index in [4.69, 9.17) is 32.9 Å². The van der Waals surface area contributed by atoms with Crippen LogP contribution in [0.25, 0.3) is 11.3 Å². The highest BCUT2D eigenvalue weighted by Crippen LogP contribution is 2.38. The Morgan fingerprint density at radius 3 is 2.08 bits per heavy atom. The van der Waals surface area contributed by atoms with Crippen LogP contribution in [0.15, 0.2) is 76.1 Å². The zero-order valence-electron chi connectivity index (χ0n) is 18.8. The van der Waals surface area contributed by atoms with Crippen molar-refractivity contribution in [2.45, 2.75) is 4.90 Å². The molecule has 4 rings (SSSR count). The fourth-order valence-corrected chi connectivity index (χ4v) is 4.40. The number of nitro groups is 1. The molecule has 0 aliphatic carbocycles. The number of sulfonamides is 1. The molecule has 0 saturated heterocycles. The molecule has 1 aromatic heterocycles. The lowest BCUT2D eigenvalue weighted by Crippen LogP contribution is -2.18. The van der Waals surface area contributed by atoms with Crippen LogP contribution in [0.3, 0.4) is 0 Å². The lowest BCUT2D eigenvalue weighted by molar-refractivity contribution is -0.384. The number of amides is 2. The Bertz CT molecular complexity index is 1650. The Kier molecular flexibility index (Phi) is 7.46. The third-order valence-corrected chi connectivity index (χ3v) is 6.69. The number of hydrogen-bond donors (Lipinski definition) is 3. The van der Waals surface area contributed by atoms with Gasteiger partial charge in [0.25, 0.3) is 17.5 Å². The highest BCUT2D eigenvalue weighted by molar-refractivity contribution is 7.89. The summed E-state index contributed by atoms with van der Waals surface area (Å²) < 4.78 is 28.3. The summed E-state index contributed by atoms with van der Waals surface area (Å²) in [5, 5.41) is 25.1. The summed E-state index contributed by atoms with van der Waals surface area (Å²) in [5.41, 5.74) is -0.165. The first-order chi connectivity index (χ1) is 18.0. The topological polar surface area (TPSA) is 188 Å². The molecule has 4 aromatic rings. The molecule has 0 radical (unpaired) electrons. The number of nitrogens with zero attached hydrogens (tertiary/aromatic N) is 2. The molecule has 15 heteroatoms. The van der Waals surface area contributed by atoms with Crippen LogP contribution >= 0.6 is 23.2 Å². The minimum atomic E-state index is -3.95. The average molecular weight is 576 g/mol. The number of carbonyl (C=O) groups is 2. The fraction of sp³-hybridized carbons (Fsp3) is 0. The molecule has 0 aliphatic rings. The molecule has 3 aromatic carbocycles. The van der Waals surface area contributed by atoms with Gasteiger partial charge in [-0.15, -0.1) is 0 Å². The van der Waals surface area contributed by atoms with E-state index in [0.29, 0.717) is 0 Å². The van der Waals surface area contributed by atoms with E-state index in [2.05, 4.69) is 15.8 Å². The van der Waals surface area contributed by atoms with Crippen molar-refractivity contribution in [3.63, 3.8) is 0 Å². The molecule has 12 nitrogen and oxygen atoms in total. The Morgan fingerprint density at radius 2 is 1.53 bits per heavy atom. The van der Waals surface area contributed by atoms with Crippen LogP contribution in [0.4, 0.5) is 17.3 Å². The number of nitro benzene ring substituents is 1. The predicted octanol–water partition coefficient (Wildman–Crippen LogP) is 4.71. The predicted molar refractivity (Wildman–Crippen MR) is 139 cm³/mol. The zero-order valence-corrected chi connectivity index (χ0v) is 21.2. The van der Waals surface area contributed by atoms with Gasteiger partial charge in [-0.25, -0.2) is 13.6 Å². The van der Waals surface area contributed by atoms with Gasteiger partial charge in [-0.2, -0.15) is 0 Å². The molecule has 1 heterocycles. The van der Waals surface area contributed by atoms with Gasteiger partial charge in [0.15, 0.2) is 0 Å². The number of nitrogens with one attached hydrogen (secondary N) is 2. The number of benzene rings is 3. The fourth-order valence-electron chi connectivity index (χ4n) is 3.31. The number of carbonyl (C=O) groups excluding carboxylic acids is 2. The van der Waals surface area contributed by atoms with Gasteiger partial charge in [0, 0.05) is 28.9 Å². The normalized spacial score (nSPS) is 11.1. The molecule has 4 N–H and O–H groups in total. The maximum atomic E-state index is 13.4. The Balaban J connectivity index is 1.72. The van der Waals surface area contributed by atoms with E-state index >= 15 is 0 Å². The van der Waals surface area contributed by atoms with Crippen molar-refractivity contribution in [2.75, 3.05) is 10.6 Å². The van der Waals surface area contributed by atoms with Crippen molar-refractivity contribution < 1.29 is 27.5 Å². The van der Waals surface area contributed by atoms with Crippen LogP contribution < -0.4 is 15.8 Å². The molecule has 38 heavy (non-hydrogen) atoms. The summed E-state index contributed by atoms with van der Waals surface area (Å²) in [4.78, 5) is 36.3. The summed E-state index contributed by atoms with van der Waals surface area (Å²) in [6.07, 6.45) is 0. The monoisotopic (exact) mass is 575 g/mol. The minimum absolute atomic E-state index is 0.0364. The van der Waals surface area contributed by atoms with Gasteiger partial charge >= 0.3 is 0 Å². The Morgan fingerprint density at radius 1 is 0.921 bits per heavy atom. The number of rotatable bonds is 7. The summed E-state index contributed by atoms with van der Waals surface area (Å²) in [6.45, 7) is 0. The highest BCUT2D eigenvalue weighted by atomic mass is 35.5. The third kappa shape index (κ3) is 5.65. The van der Waals surface area contributed by atoms with E-state index in [1.54, 1.807) is 6.07 Å². The lowest BCUT2D eigenvalue weighted by atomic mass is 10.1. The maximum absolute atomic E-state index is 13.4. The van der Waals surface area contributed by atoms with E-state index < -0.39 is 26.8 Å². The number of anilines is 2. The van der Waals surface area contributed by atoms with E-state index in [1.165, 1.54) is 48.5 Å². The first-order valence-electron chi connectivity index (χ1n) is 10.4. The lowest BCUT2D eigenvalue weighted by Gasteiger charge is -2.10. The van der Waals surface area contributed by atoms with Crippen LogP contribution in [-0.4, -0.2) is 30.3 Å². The maximum Gasteiger partial charge on any atom is 0.269 e. The van der Waals surface area contributed by atoms with Crippen molar-refractivity contribution in [3.8, 4) is 11.3 Å². The molecular weight excluding hydrogens is 561 g/mol. The highest BCUT2D eigenvalue weighted by Gasteiger charge is 2.28. The number of nitrogens with two attached hydrogens (primary N) is 1. The van der Waals surface area contributed by atoms with E-state index in [0.717, 1.165) is 12.1 Å². The van der Waals surface area contributed by atoms with Crippen LogP contribution in [0.5, 0.6) is 0 Å². The van der Waals surface area contributed by atoms with Crippen molar-refractivity contribution in [3.05, 3.63) is 98.0 Å². The molecule has 0 atom stereocenters. The minimum Gasteiger partial charge on any atom is -0.337 e. The average Bonchev–Trinajstić information content (AvgIpc) is 3.26. The van der Waals surface area contributed by atoms with Gasteiger partial charge in [0.1, 0.15) is 11.3 Å². The quantitative estimate of drug-likeness (QED) is 0.208. The first-order valence-corrected chi connectivity index (χ1v) is 12.7. The van der Waals surface area contributed by atoms with E-state index in [-0.39, 0.29) is 54.6 Å². The Labute approximate surface area is 224 Å². The van der Waals surface area contributed by atoms with Gasteiger partial charge in [0.05, 0.1) is 19.9 Å². The van der Waals surface area contributed by atoms with Crippen LogP contribution in [-0.2, 0) is 10.0 Å². The second-order valence-corrected chi connectivity index (χ2v) is 9.99. The van der Waals surface area contributed by atoms with Crippen molar-refractivity contribution in [1.29, 1.82) is 0 Å². The van der Waals surface area contributed by atoms with Crippen LogP contribution in [0.1, 0.15) is 20.7 Å². The van der Waals surface area contributed by atoms with E-state index in [1.807, 2.05) is 0 Å². The molecule has 0 spiro atoms. The number of hydrogen-bond acceptors (Lipinski definition) is 8. The summed E-state index contributed by atoms with van der Waals surface area (Å²) in [7, 11) is -3.95. The molecule has 0 unspecified atom stereocenters. The van der Waals surface area contributed by atoms with Gasteiger partial charge in [-0.1, -0.05) is 34.4 Å². The van der Waals surface area contributed by atoms with Gasteiger partial charge in [0.2, 0.25) is 15.9 Å². The standard InChI is InChI=1S/C23H15Cl2N5O7S/c24-16-2-1-3-17(25)18(16)20-19(22(32)27-13-6-10-15(11-7-13)38(26,35)36)23(37-29-20)28-21(31)12-4-8-14(9-5-12)30(33)34/h1-11H,(H,27,32)(H,28,31)(H2,26,35,36). The molecule has 194 valence electrons. The van der Waals surface area contributed by atoms with Gasteiger partial charge in [-0.05, 0) is 48.5 Å². The SMILES string of the molecule is NS(=O)(=O)c1ccc(NC(=O)c2c(-c3c(Cl)cccc3Cl)noc2NC(=O)c2ccc([N+](=O)[O-])cc2)cc1. The van der Waals surface area contributed by atoms with Crippen molar-refractivity contribution >= 4 is 62.3 Å². The van der Waals surface area contributed by atoms with Gasteiger partial charge in [-0.3, -0.25) is 25.0 Å². The number of primary sulfonamides is 1. The van der Waals surface area contributed by atoms with Crippen molar-refractivity contribution in [1.82, 2.24) is 5.16 Å². The molecule has 0 bridgehead atoms. The largest absolute Gasteiger partial charge is 0.337 e. The van der Waals surface area contributed by atoms with Crippen LogP contribution in [0.2, 0.25) is 10.0 Å². The second-order valence-electron chi connectivity index (χ2n) is 7.61. The third-order valence-electron chi connectivity index (χ3n) is 5.13. The number of aromatic nitrogens is 1. The van der Waals surface area contributed by atoms with Gasteiger partial charge < -0.3 is 9.84 Å². The Hall–Kier alpha value is -4.30. The molecule has 0 saturated carbocycles. The zero-order chi connectivity index (χ0) is 27.6.